The second-order valence-corrected chi connectivity index (χ2v) is 16.8. The van der Waals surface area contributed by atoms with Crippen molar-refractivity contribution in [2.24, 2.45) is 5.92 Å². The van der Waals surface area contributed by atoms with Gasteiger partial charge in [0.2, 0.25) is 21.8 Å². The molecule has 5 atom stereocenters. The van der Waals surface area contributed by atoms with Crippen molar-refractivity contribution in [1.29, 1.82) is 0 Å². The van der Waals surface area contributed by atoms with Crippen LogP contribution < -0.4 is 20.1 Å². The summed E-state index contributed by atoms with van der Waals surface area (Å²) < 4.78 is 88.9. The minimum absolute atomic E-state index is 0.0310. The van der Waals surface area contributed by atoms with Gasteiger partial charge in [-0.1, -0.05) is 42.4 Å². The summed E-state index contributed by atoms with van der Waals surface area (Å²) in [5.74, 6) is -3.03. The molecule has 3 fully saturated rings. The number of thiazole rings is 1. The first kappa shape index (κ1) is 36.1. The molecule has 2 aliphatic heterocycles. The van der Waals surface area contributed by atoms with Crippen molar-refractivity contribution in [3.8, 4) is 5.19 Å². The maximum absolute atomic E-state index is 14.4. The molecule has 3 aromatic rings. The Labute approximate surface area is 301 Å². The molecular weight excluding hydrogens is 727 g/mol. The van der Waals surface area contributed by atoms with Gasteiger partial charge in [-0.2, -0.15) is 13.2 Å². The van der Waals surface area contributed by atoms with Gasteiger partial charge in [-0.25, -0.2) is 17.8 Å². The van der Waals surface area contributed by atoms with E-state index in [0.717, 1.165) is 29.9 Å². The monoisotopic (exact) mass is 763 g/mol. The number of hydrogen-bond donors (Lipinski definition) is 3. The van der Waals surface area contributed by atoms with Crippen molar-refractivity contribution in [3.63, 3.8) is 0 Å². The predicted octanol–water partition coefficient (Wildman–Crippen LogP) is 5.29. The third-order valence-electron chi connectivity index (χ3n) is 9.97. The normalized spacial score (nSPS) is 27.8. The number of sulfonamides is 1. The van der Waals surface area contributed by atoms with Gasteiger partial charge in [-0.3, -0.25) is 19.1 Å². The minimum Gasteiger partial charge on any atom is -0.465 e. The number of fused-ring (bicyclic) bond motifs is 3. The number of carbonyl (C=O) groups excluding carboxylic acids is 3. The molecule has 1 aromatic heterocycles. The van der Waals surface area contributed by atoms with Gasteiger partial charge < -0.3 is 20.3 Å². The van der Waals surface area contributed by atoms with Crippen LogP contribution in [0.1, 0.15) is 63.4 Å². The molecule has 7 rings (SSSR count). The van der Waals surface area contributed by atoms with E-state index in [1.54, 1.807) is 6.08 Å². The van der Waals surface area contributed by atoms with E-state index in [1.807, 2.05) is 6.08 Å². The molecule has 278 valence electrons. The second-order valence-electron chi connectivity index (χ2n) is 13.9. The predicted molar refractivity (Wildman–Crippen MR) is 184 cm³/mol. The summed E-state index contributed by atoms with van der Waals surface area (Å²) in [6.07, 6.45) is 2.18. The molecule has 0 radical (unpaired) electrons. The fraction of sp³-hybridized carbons (Fsp3) is 0.486. The number of allylic oxidation sites excluding steroid dienone is 1. The minimum atomic E-state index is -4.60. The average Bonchev–Trinajstić information content (AvgIpc) is 3.98. The molecule has 1 saturated heterocycles. The molecule has 17 heteroatoms. The summed E-state index contributed by atoms with van der Waals surface area (Å²) in [6.45, 7) is -0.0967. The zero-order valence-corrected chi connectivity index (χ0v) is 29.5. The Kier molecular flexibility index (Phi) is 9.69. The Morgan fingerprint density at radius 2 is 1.88 bits per heavy atom. The summed E-state index contributed by atoms with van der Waals surface area (Å²) in [5.41, 5.74) is -1.87. The third kappa shape index (κ3) is 7.75. The largest absolute Gasteiger partial charge is 0.465 e. The molecule has 4 aliphatic rings. The van der Waals surface area contributed by atoms with Crippen LogP contribution in [0, 0.1) is 11.7 Å². The highest BCUT2D eigenvalue weighted by Gasteiger charge is 2.62. The van der Waals surface area contributed by atoms with Crippen molar-refractivity contribution in [3.05, 3.63) is 66.0 Å². The molecule has 3 N–H and O–H groups in total. The Morgan fingerprint density at radius 1 is 1.08 bits per heavy atom. The van der Waals surface area contributed by atoms with Crippen molar-refractivity contribution in [2.45, 2.75) is 92.9 Å². The zero-order valence-electron chi connectivity index (χ0n) is 27.8. The number of rotatable bonds is 7. The topological polar surface area (TPSA) is 147 Å². The van der Waals surface area contributed by atoms with E-state index in [-0.39, 0.29) is 36.7 Å². The van der Waals surface area contributed by atoms with E-state index in [2.05, 4.69) is 20.3 Å². The van der Waals surface area contributed by atoms with Crippen molar-refractivity contribution in [1.82, 2.24) is 19.9 Å². The van der Waals surface area contributed by atoms with Gasteiger partial charge in [0.1, 0.15) is 29.5 Å². The molecule has 2 saturated carbocycles. The lowest BCUT2D eigenvalue weighted by molar-refractivity contribution is -0.140. The number of nitrogens with one attached hydrogen (secondary N) is 3. The number of benzene rings is 2. The van der Waals surface area contributed by atoms with E-state index in [4.69, 9.17) is 4.74 Å². The zero-order chi connectivity index (χ0) is 36.8. The van der Waals surface area contributed by atoms with Crippen LogP contribution >= 0.6 is 11.3 Å². The van der Waals surface area contributed by atoms with Gasteiger partial charge in [-0.15, -0.1) is 0 Å². The van der Waals surface area contributed by atoms with Gasteiger partial charge in [0.05, 0.1) is 27.6 Å². The van der Waals surface area contributed by atoms with Crippen LogP contribution in [0.25, 0.3) is 10.2 Å². The lowest BCUT2D eigenvalue weighted by atomic mass is 10.0. The van der Waals surface area contributed by atoms with Gasteiger partial charge >= 0.3 is 6.18 Å². The summed E-state index contributed by atoms with van der Waals surface area (Å²) in [5, 5.41) is 5.30. The number of amides is 3. The van der Waals surface area contributed by atoms with Crippen LogP contribution in [0.2, 0.25) is 0 Å². The van der Waals surface area contributed by atoms with Gasteiger partial charge in [0.25, 0.3) is 11.1 Å². The van der Waals surface area contributed by atoms with Crippen LogP contribution in [0.3, 0.4) is 0 Å². The van der Waals surface area contributed by atoms with E-state index in [9.17, 15) is 40.4 Å². The van der Waals surface area contributed by atoms with Crippen LogP contribution in [0.4, 0.5) is 23.2 Å². The number of alkyl halides is 3. The van der Waals surface area contributed by atoms with E-state index < -0.39 is 80.2 Å². The highest BCUT2D eigenvalue weighted by atomic mass is 32.2. The highest BCUT2D eigenvalue weighted by Crippen LogP contribution is 2.46. The summed E-state index contributed by atoms with van der Waals surface area (Å²) in [6, 6.07) is 6.42. The number of anilines is 1. The second kappa shape index (κ2) is 14.0. The molecule has 2 aliphatic carbocycles. The molecule has 11 nitrogen and oxygen atoms in total. The number of halogens is 4. The smallest absolute Gasteiger partial charge is 0.416 e. The van der Waals surface area contributed by atoms with Crippen molar-refractivity contribution < 1.29 is 45.1 Å². The summed E-state index contributed by atoms with van der Waals surface area (Å²) >= 11 is 1.09. The van der Waals surface area contributed by atoms with Crippen LogP contribution in [-0.4, -0.2) is 71.5 Å². The molecule has 3 heterocycles. The molecule has 3 amide bonds. The van der Waals surface area contributed by atoms with Gasteiger partial charge in [0.15, 0.2) is 0 Å². The van der Waals surface area contributed by atoms with Crippen LogP contribution in [0.5, 0.6) is 5.19 Å². The molecule has 52 heavy (non-hydrogen) atoms. The molecular formula is C35H37F4N5O6S2. The first-order valence-electron chi connectivity index (χ1n) is 17.2. The molecule has 0 unspecified atom stereocenters. The Morgan fingerprint density at radius 3 is 2.65 bits per heavy atom. The lowest BCUT2D eigenvalue weighted by Crippen LogP contribution is -2.57. The number of hydrogen-bond acceptors (Lipinski definition) is 9. The molecule has 0 spiro atoms. The first-order chi connectivity index (χ1) is 24.7. The van der Waals surface area contributed by atoms with E-state index in [1.165, 1.54) is 35.2 Å². The number of aromatic nitrogens is 1. The highest BCUT2D eigenvalue weighted by molar-refractivity contribution is 7.91. The van der Waals surface area contributed by atoms with E-state index >= 15 is 0 Å². The fourth-order valence-electron chi connectivity index (χ4n) is 6.90. The quantitative estimate of drug-likeness (QED) is 0.218. The molecule has 2 aromatic carbocycles. The fourth-order valence-corrected chi connectivity index (χ4v) is 9.17. The standard InChI is InChI=1S/C35H37F4N5O6S2/c36-22-11-14-26-29(16-22)51-33(41-26)50-24-17-28-30(45)42-34(32(47)43-52(48,49)25-12-13-25)18-21(34)7-4-2-1-3-5-10-27(31(46)44(28)19-24)40-23-9-6-8-20(15-23)35(37,38)39/h4,6-9,11,14-16,21,24-25,27-28,40H,1-3,5,10,12-13,17-19H2,(H,42,45)(H,43,47)/b7-4-/t21-,24-,27+,28+,34-/m1/s1. The maximum atomic E-state index is 14.4. The maximum Gasteiger partial charge on any atom is 0.416 e. The van der Waals surface area contributed by atoms with Crippen LogP contribution in [-0.2, 0) is 30.6 Å². The SMILES string of the molecule is O=C1N[C@]2(C(=O)NS(=O)(=O)C3CC3)C[C@H]2/C=C\CCCCC[C@H](Nc2cccc(C(F)(F)F)c2)C(=O)N2C[C@H](Oc3nc4ccc(F)cc4s3)C[C@@H]12. The first-order valence-corrected chi connectivity index (χ1v) is 19.6. The Hall–Kier alpha value is -4.25. The number of carbonyl (C=O) groups is 3. The van der Waals surface area contributed by atoms with Crippen molar-refractivity contribution in [2.75, 3.05) is 11.9 Å². The van der Waals surface area contributed by atoms with Crippen molar-refractivity contribution >= 4 is 55.0 Å². The number of ether oxygens (including phenoxy) is 1. The van der Waals surface area contributed by atoms with Crippen LogP contribution in [0.15, 0.2) is 54.6 Å². The Bertz CT molecular complexity index is 2020. The lowest BCUT2D eigenvalue weighted by Gasteiger charge is -2.30. The van der Waals surface area contributed by atoms with Gasteiger partial charge in [-0.05, 0) is 74.9 Å². The Balaban J connectivity index is 1.19. The molecule has 0 bridgehead atoms. The average molecular weight is 764 g/mol. The third-order valence-corrected chi connectivity index (χ3v) is 12.7. The van der Waals surface area contributed by atoms with E-state index in [0.29, 0.717) is 42.3 Å². The summed E-state index contributed by atoms with van der Waals surface area (Å²) in [4.78, 5) is 48.0. The number of nitrogens with zero attached hydrogens (tertiary/aromatic N) is 2. The van der Waals surface area contributed by atoms with Gasteiger partial charge in [0, 0.05) is 18.0 Å². The summed E-state index contributed by atoms with van der Waals surface area (Å²) in [7, 11) is -3.93.